The van der Waals surface area contributed by atoms with Crippen LogP contribution < -0.4 is 10.5 Å². The van der Waals surface area contributed by atoms with E-state index in [9.17, 15) is 26.4 Å². The van der Waals surface area contributed by atoms with Gasteiger partial charge in [-0.05, 0) is 29.8 Å². The molecule has 150 valence electrons. The molecule has 0 unspecified atom stereocenters. The third-order valence-corrected chi connectivity index (χ3v) is 5.83. The number of aromatic nitrogens is 1. The van der Waals surface area contributed by atoms with E-state index in [0.29, 0.717) is 11.1 Å². The quantitative estimate of drug-likeness (QED) is 0.639. The Labute approximate surface area is 157 Å². The van der Waals surface area contributed by atoms with E-state index in [1.807, 2.05) is 0 Å². The summed E-state index contributed by atoms with van der Waals surface area (Å²) in [6.07, 6.45) is -4.80. The molecule has 28 heavy (non-hydrogen) atoms. The van der Waals surface area contributed by atoms with Gasteiger partial charge in [0, 0.05) is 26.7 Å². The Morgan fingerprint density at radius 2 is 1.79 bits per heavy atom. The van der Waals surface area contributed by atoms with Crippen molar-refractivity contribution in [2.45, 2.75) is 17.8 Å². The Balaban J connectivity index is 1.81. The van der Waals surface area contributed by atoms with Gasteiger partial charge in [0.1, 0.15) is 5.75 Å². The molecule has 1 aromatic heterocycles. The molecule has 0 atom stereocenters. The number of rotatable bonds is 5. The average Bonchev–Trinajstić information content (AvgIpc) is 2.89. The van der Waals surface area contributed by atoms with Crippen molar-refractivity contribution in [1.82, 2.24) is 8.87 Å². The van der Waals surface area contributed by atoms with E-state index in [0.717, 1.165) is 16.4 Å². The summed E-state index contributed by atoms with van der Waals surface area (Å²) < 4.78 is 73.2. The Kier molecular flexibility index (Phi) is 4.98. The van der Waals surface area contributed by atoms with Gasteiger partial charge in [-0.25, -0.2) is 13.2 Å². The van der Waals surface area contributed by atoms with E-state index in [1.165, 1.54) is 49.0 Å². The highest BCUT2D eigenvalue weighted by Crippen LogP contribution is 2.25. The molecule has 7 nitrogen and oxygen atoms in total. The van der Waals surface area contributed by atoms with Crippen LogP contribution in [-0.2, 0) is 23.6 Å². The molecule has 3 aromatic rings. The summed E-state index contributed by atoms with van der Waals surface area (Å²) in [6, 6.07) is 8.96. The van der Waals surface area contributed by atoms with Gasteiger partial charge in [-0.3, -0.25) is 4.57 Å². The second-order valence-electron chi connectivity index (χ2n) is 6.01. The lowest BCUT2D eigenvalue weighted by atomic mass is 10.2. The van der Waals surface area contributed by atoms with Gasteiger partial charge in [-0.15, -0.1) is 13.2 Å². The van der Waals surface area contributed by atoms with Gasteiger partial charge in [0.15, 0.2) is 5.58 Å². The molecule has 0 N–H and O–H groups in total. The fraction of sp³-hybridized carbons (Fsp3) is 0.235. The standard InChI is InChI=1S/C17H15F3N2O5S/c1-21(10-11-3-5-12(6-4-11)27-17(18,19)20)28(24,25)13-7-8-14-15(9-13)26-16(23)22(14)2/h3-9H,10H2,1-2H3. The number of nitrogens with zero attached hydrogens (tertiary/aromatic N) is 2. The molecule has 0 aliphatic rings. The van der Waals surface area contributed by atoms with Crippen molar-refractivity contribution in [2.75, 3.05) is 7.05 Å². The Bertz CT molecular complexity index is 1160. The Morgan fingerprint density at radius 1 is 1.14 bits per heavy atom. The molecule has 0 radical (unpaired) electrons. The summed E-state index contributed by atoms with van der Waals surface area (Å²) in [5.41, 5.74) is 1.05. The summed E-state index contributed by atoms with van der Waals surface area (Å²) in [5.74, 6) is -1.01. The van der Waals surface area contributed by atoms with Crippen molar-refractivity contribution in [3.63, 3.8) is 0 Å². The normalized spacial score (nSPS) is 12.6. The fourth-order valence-corrected chi connectivity index (χ4v) is 3.77. The monoisotopic (exact) mass is 416 g/mol. The molecule has 3 rings (SSSR count). The number of ether oxygens (including phenoxy) is 1. The molecule has 2 aromatic carbocycles. The molecule has 0 aliphatic carbocycles. The van der Waals surface area contributed by atoms with Gasteiger partial charge in [0.2, 0.25) is 10.0 Å². The highest BCUT2D eigenvalue weighted by atomic mass is 32.2. The third-order valence-electron chi connectivity index (χ3n) is 4.03. The molecule has 0 saturated carbocycles. The molecular formula is C17H15F3N2O5S. The van der Waals surface area contributed by atoms with Crippen LogP contribution in [0.25, 0.3) is 11.1 Å². The smallest absolute Gasteiger partial charge is 0.408 e. The van der Waals surface area contributed by atoms with Gasteiger partial charge >= 0.3 is 12.1 Å². The van der Waals surface area contributed by atoms with Gasteiger partial charge in [0.25, 0.3) is 0 Å². The minimum atomic E-state index is -4.80. The first-order valence-corrected chi connectivity index (χ1v) is 9.32. The SMILES string of the molecule is CN(Cc1ccc(OC(F)(F)F)cc1)S(=O)(=O)c1ccc2c(c1)oc(=O)n2C. The first-order valence-electron chi connectivity index (χ1n) is 7.88. The van der Waals surface area contributed by atoms with Crippen LogP contribution >= 0.6 is 0 Å². The first-order chi connectivity index (χ1) is 13.0. The van der Waals surface area contributed by atoms with Crippen LogP contribution in [-0.4, -0.2) is 30.7 Å². The summed E-state index contributed by atoms with van der Waals surface area (Å²) >= 11 is 0. The van der Waals surface area contributed by atoms with E-state index in [2.05, 4.69) is 4.74 Å². The van der Waals surface area contributed by atoms with Gasteiger partial charge in [0.05, 0.1) is 10.4 Å². The number of aryl methyl sites for hydroxylation is 1. The highest BCUT2D eigenvalue weighted by molar-refractivity contribution is 7.89. The summed E-state index contributed by atoms with van der Waals surface area (Å²) in [7, 11) is -1.09. The Morgan fingerprint density at radius 3 is 2.39 bits per heavy atom. The zero-order valence-electron chi connectivity index (χ0n) is 14.7. The zero-order valence-corrected chi connectivity index (χ0v) is 15.5. The number of fused-ring (bicyclic) bond motifs is 1. The highest BCUT2D eigenvalue weighted by Gasteiger charge is 2.31. The van der Waals surface area contributed by atoms with Gasteiger partial charge < -0.3 is 9.15 Å². The lowest BCUT2D eigenvalue weighted by molar-refractivity contribution is -0.274. The molecule has 0 saturated heterocycles. The molecule has 0 spiro atoms. The summed E-state index contributed by atoms with van der Waals surface area (Å²) in [5, 5.41) is 0. The van der Waals surface area contributed by atoms with Crippen LogP contribution in [0, 0.1) is 0 Å². The van der Waals surface area contributed by atoms with E-state index < -0.39 is 27.9 Å². The first kappa shape index (κ1) is 20.0. The third kappa shape index (κ3) is 4.04. The van der Waals surface area contributed by atoms with Crippen molar-refractivity contribution in [3.8, 4) is 5.75 Å². The second-order valence-corrected chi connectivity index (χ2v) is 8.05. The van der Waals surface area contributed by atoms with Crippen molar-refractivity contribution in [2.24, 2.45) is 7.05 Å². The van der Waals surface area contributed by atoms with Crippen LogP contribution in [0.1, 0.15) is 5.56 Å². The van der Waals surface area contributed by atoms with Gasteiger partial charge in [-0.1, -0.05) is 12.1 Å². The number of benzene rings is 2. The second kappa shape index (κ2) is 6.99. The largest absolute Gasteiger partial charge is 0.573 e. The van der Waals surface area contributed by atoms with E-state index in [4.69, 9.17) is 4.42 Å². The summed E-state index contributed by atoms with van der Waals surface area (Å²) in [4.78, 5) is 11.5. The minimum Gasteiger partial charge on any atom is -0.408 e. The van der Waals surface area contributed by atoms with Crippen molar-refractivity contribution in [3.05, 3.63) is 58.6 Å². The minimum absolute atomic E-state index is 0.0751. The Hall–Kier alpha value is -2.79. The number of halogens is 3. The molecule has 0 fully saturated rings. The van der Waals surface area contributed by atoms with E-state index >= 15 is 0 Å². The number of hydrogen-bond donors (Lipinski definition) is 0. The number of oxazole rings is 1. The predicted octanol–water partition coefficient (Wildman–Crippen LogP) is 2.85. The van der Waals surface area contributed by atoms with Crippen LogP contribution in [0.3, 0.4) is 0 Å². The maximum Gasteiger partial charge on any atom is 0.573 e. The average molecular weight is 416 g/mol. The molecular weight excluding hydrogens is 401 g/mol. The topological polar surface area (TPSA) is 81.8 Å². The molecule has 0 bridgehead atoms. The number of alkyl halides is 3. The zero-order chi connectivity index (χ0) is 20.7. The van der Waals surface area contributed by atoms with E-state index in [1.54, 1.807) is 0 Å². The maximum absolute atomic E-state index is 12.8. The van der Waals surface area contributed by atoms with Crippen molar-refractivity contribution >= 4 is 21.1 Å². The molecule has 0 amide bonds. The van der Waals surface area contributed by atoms with Crippen LogP contribution in [0.4, 0.5) is 13.2 Å². The van der Waals surface area contributed by atoms with Gasteiger partial charge in [-0.2, -0.15) is 4.31 Å². The lowest BCUT2D eigenvalue weighted by Gasteiger charge is -2.17. The lowest BCUT2D eigenvalue weighted by Crippen LogP contribution is -2.26. The fourth-order valence-electron chi connectivity index (χ4n) is 2.59. The predicted molar refractivity (Wildman–Crippen MR) is 93.2 cm³/mol. The van der Waals surface area contributed by atoms with Crippen molar-refractivity contribution in [1.29, 1.82) is 0 Å². The molecule has 0 aliphatic heterocycles. The molecule has 1 heterocycles. The number of hydrogen-bond acceptors (Lipinski definition) is 5. The van der Waals surface area contributed by atoms with Crippen molar-refractivity contribution < 1.29 is 30.7 Å². The maximum atomic E-state index is 12.8. The van der Waals surface area contributed by atoms with E-state index in [-0.39, 0.29) is 17.0 Å². The summed E-state index contributed by atoms with van der Waals surface area (Å²) in [6.45, 7) is -0.0780. The van der Waals surface area contributed by atoms with Crippen LogP contribution in [0.2, 0.25) is 0 Å². The number of sulfonamides is 1. The van der Waals surface area contributed by atoms with Crippen LogP contribution in [0.15, 0.2) is 56.6 Å². The molecule has 11 heteroatoms. The van der Waals surface area contributed by atoms with Crippen LogP contribution in [0.5, 0.6) is 5.75 Å².